The van der Waals surface area contributed by atoms with Crippen molar-refractivity contribution in [2.45, 2.75) is 20.4 Å². The van der Waals surface area contributed by atoms with Crippen LogP contribution in [0, 0.1) is 13.8 Å². The maximum Gasteiger partial charge on any atom is 0.184 e. The van der Waals surface area contributed by atoms with Crippen LogP contribution in [-0.2, 0) is 6.54 Å². The average molecular weight is 292 g/mol. The van der Waals surface area contributed by atoms with E-state index in [0.29, 0.717) is 11.4 Å². The molecular formula is C17H16N4O. The first-order valence-electron chi connectivity index (χ1n) is 7.06. The van der Waals surface area contributed by atoms with Gasteiger partial charge in [0.2, 0.25) is 0 Å². The monoisotopic (exact) mass is 292 g/mol. The number of carbonyl (C=O) groups is 1. The SMILES string of the molecule is Cc1ccc(C(=O)Cn2nnnc2-c2ccc(C)cc2)cc1. The normalized spacial score (nSPS) is 10.6. The lowest BCUT2D eigenvalue weighted by Gasteiger charge is -2.05. The first kappa shape index (κ1) is 14.1. The predicted octanol–water partition coefficient (Wildman–Crippen LogP) is 2.84. The fourth-order valence-corrected chi connectivity index (χ4v) is 2.19. The van der Waals surface area contributed by atoms with Gasteiger partial charge in [-0.25, -0.2) is 4.68 Å². The second kappa shape index (κ2) is 5.89. The predicted molar refractivity (Wildman–Crippen MR) is 83.5 cm³/mol. The van der Waals surface area contributed by atoms with Crippen LogP contribution in [0.1, 0.15) is 21.5 Å². The minimum atomic E-state index is -0.0133. The number of nitrogens with zero attached hydrogens (tertiary/aromatic N) is 4. The van der Waals surface area contributed by atoms with Crippen LogP contribution in [-0.4, -0.2) is 26.0 Å². The third kappa shape index (κ3) is 2.93. The minimum absolute atomic E-state index is 0.0133. The lowest BCUT2D eigenvalue weighted by atomic mass is 10.1. The van der Waals surface area contributed by atoms with Crippen molar-refractivity contribution in [3.05, 3.63) is 65.2 Å². The van der Waals surface area contributed by atoms with Gasteiger partial charge in [-0.05, 0) is 24.3 Å². The van der Waals surface area contributed by atoms with Crippen LogP contribution in [0.4, 0.5) is 0 Å². The highest BCUT2D eigenvalue weighted by atomic mass is 16.1. The van der Waals surface area contributed by atoms with E-state index in [0.717, 1.165) is 11.1 Å². The summed E-state index contributed by atoms with van der Waals surface area (Å²) < 4.78 is 1.53. The molecule has 0 bridgehead atoms. The number of ketones is 1. The summed E-state index contributed by atoms with van der Waals surface area (Å²) in [6, 6.07) is 15.4. The number of hydrogen-bond acceptors (Lipinski definition) is 4. The van der Waals surface area contributed by atoms with E-state index >= 15 is 0 Å². The standard InChI is InChI=1S/C17H16N4O/c1-12-3-7-14(8-4-12)16(22)11-21-17(18-19-20-21)15-9-5-13(2)6-10-15/h3-10H,11H2,1-2H3. The lowest BCUT2D eigenvalue weighted by Crippen LogP contribution is -2.13. The second-order valence-corrected chi connectivity index (χ2v) is 5.32. The molecule has 110 valence electrons. The highest BCUT2D eigenvalue weighted by molar-refractivity contribution is 5.96. The first-order valence-corrected chi connectivity index (χ1v) is 7.06. The number of benzene rings is 2. The highest BCUT2D eigenvalue weighted by Crippen LogP contribution is 2.16. The van der Waals surface area contributed by atoms with Crippen molar-refractivity contribution in [1.82, 2.24) is 20.2 Å². The van der Waals surface area contributed by atoms with Crippen molar-refractivity contribution in [2.75, 3.05) is 0 Å². The van der Waals surface area contributed by atoms with Crippen LogP contribution in [0.15, 0.2) is 48.5 Å². The summed E-state index contributed by atoms with van der Waals surface area (Å²) in [5.41, 5.74) is 3.85. The zero-order valence-corrected chi connectivity index (χ0v) is 12.5. The quantitative estimate of drug-likeness (QED) is 0.694. The number of rotatable bonds is 4. The van der Waals surface area contributed by atoms with E-state index < -0.39 is 0 Å². The Kier molecular flexibility index (Phi) is 3.78. The van der Waals surface area contributed by atoms with E-state index in [4.69, 9.17) is 0 Å². The minimum Gasteiger partial charge on any atom is -0.292 e. The molecule has 0 amide bonds. The number of aryl methyl sites for hydroxylation is 2. The summed E-state index contributed by atoms with van der Waals surface area (Å²) in [5, 5.41) is 11.7. The largest absolute Gasteiger partial charge is 0.292 e. The van der Waals surface area contributed by atoms with Gasteiger partial charge in [-0.3, -0.25) is 4.79 Å². The lowest BCUT2D eigenvalue weighted by molar-refractivity contribution is 0.0967. The van der Waals surface area contributed by atoms with E-state index in [-0.39, 0.29) is 12.3 Å². The molecule has 3 rings (SSSR count). The van der Waals surface area contributed by atoms with Crippen LogP contribution in [0.25, 0.3) is 11.4 Å². The van der Waals surface area contributed by atoms with Gasteiger partial charge in [-0.2, -0.15) is 0 Å². The zero-order valence-electron chi connectivity index (χ0n) is 12.5. The molecule has 22 heavy (non-hydrogen) atoms. The molecule has 0 unspecified atom stereocenters. The summed E-state index contributed by atoms with van der Waals surface area (Å²) in [4.78, 5) is 12.3. The molecule has 0 saturated carbocycles. The Morgan fingerprint density at radius 1 is 0.955 bits per heavy atom. The molecule has 0 aliphatic heterocycles. The van der Waals surface area contributed by atoms with Crippen LogP contribution in [0.5, 0.6) is 0 Å². The van der Waals surface area contributed by atoms with Crippen LogP contribution < -0.4 is 0 Å². The van der Waals surface area contributed by atoms with Crippen LogP contribution >= 0.6 is 0 Å². The fraction of sp³-hybridized carbons (Fsp3) is 0.176. The molecule has 0 saturated heterocycles. The van der Waals surface area contributed by atoms with Crippen molar-refractivity contribution in [3.8, 4) is 11.4 Å². The molecule has 0 spiro atoms. The van der Waals surface area contributed by atoms with Gasteiger partial charge in [0.25, 0.3) is 0 Å². The van der Waals surface area contributed by atoms with E-state index in [1.54, 1.807) is 0 Å². The smallest absolute Gasteiger partial charge is 0.184 e. The molecule has 0 N–H and O–H groups in total. The second-order valence-electron chi connectivity index (χ2n) is 5.32. The Morgan fingerprint density at radius 3 is 2.18 bits per heavy atom. The number of Topliss-reactive ketones (excluding diaryl/α,β-unsaturated/α-hetero) is 1. The Labute approximate surface area is 128 Å². The Morgan fingerprint density at radius 2 is 1.55 bits per heavy atom. The molecule has 1 heterocycles. The van der Waals surface area contributed by atoms with Gasteiger partial charge < -0.3 is 0 Å². The molecule has 0 fully saturated rings. The molecular weight excluding hydrogens is 276 g/mol. The Hall–Kier alpha value is -2.82. The van der Waals surface area contributed by atoms with Gasteiger partial charge >= 0.3 is 0 Å². The third-order valence-electron chi connectivity index (χ3n) is 3.51. The molecule has 2 aromatic carbocycles. The van der Waals surface area contributed by atoms with E-state index in [1.807, 2.05) is 62.4 Å². The Bertz CT molecular complexity index is 788. The number of tetrazole rings is 1. The highest BCUT2D eigenvalue weighted by Gasteiger charge is 2.13. The van der Waals surface area contributed by atoms with Gasteiger partial charge in [0.1, 0.15) is 6.54 Å². The van der Waals surface area contributed by atoms with E-state index in [9.17, 15) is 4.79 Å². The summed E-state index contributed by atoms with van der Waals surface area (Å²) in [6.45, 7) is 4.14. The number of hydrogen-bond donors (Lipinski definition) is 0. The molecule has 0 atom stereocenters. The summed E-state index contributed by atoms with van der Waals surface area (Å²) in [6.07, 6.45) is 0. The topological polar surface area (TPSA) is 60.7 Å². The summed E-state index contributed by atoms with van der Waals surface area (Å²) in [7, 11) is 0. The average Bonchev–Trinajstić information content (AvgIpc) is 2.97. The van der Waals surface area contributed by atoms with Crippen molar-refractivity contribution in [3.63, 3.8) is 0 Å². The van der Waals surface area contributed by atoms with Crippen LogP contribution in [0.2, 0.25) is 0 Å². The molecule has 1 aromatic heterocycles. The number of carbonyl (C=O) groups excluding carboxylic acids is 1. The van der Waals surface area contributed by atoms with E-state index in [2.05, 4.69) is 15.5 Å². The van der Waals surface area contributed by atoms with E-state index in [1.165, 1.54) is 10.2 Å². The fourth-order valence-electron chi connectivity index (χ4n) is 2.19. The van der Waals surface area contributed by atoms with Gasteiger partial charge in [0.05, 0.1) is 0 Å². The third-order valence-corrected chi connectivity index (χ3v) is 3.51. The molecule has 5 heteroatoms. The molecule has 3 aromatic rings. The van der Waals surface area contributed by atoms with Crippen molar-refractivity contribution < 1.29 is 4.79 Å². The van der Waals surface area contributed by atoms with Crippen molar-refractivity contribution in [2.24, 2.45) is 0 Å². The molecule has 0 radical (unpaired) electrons. The molecule has 5 nitrogen and oxygen atoms in total. The maximum absolute atomic E-state index is 12.3. The number of aromatic nitrogens is 4. The molecule has 0 aliphatic carbocycles. The van der Waals surface area contributed by atoms with Gasteiger partial charge in [-0.15, -0.1) is 5.10 Å². The van der Waals surface area contributed by atoms with Crippen molar-refractivity contribution in [1.29, 1.82) is 0 Å². The van der Waals surface area contributed by atoms with Gasteiger partial charge in [0.15, 0.2) is 11.6 Å². The summed E-state index contributed by atoms with van der Waals surface area (Å²) >= 11 is 0. The summed E-state index contributed by atoms with van der Waals surface area (Å²) in [5.74, 6) is 0.584. The zero-order chi connectivity index (χ0) is 15.5. The van der Waals surface area contributed by atoms with Gasteiger partial charge in [0, 0.05) is 11.1 Å². The van der Waals surface area contributed by atoms with Crippen molar-refractivity contribution >= 4 is 5.78 Å². The van der Waals surface area contributed by atoms with Gasteiger partial charge in [-0.1, -0.05) is 59.7 Å². The molecule has 0 aliphatic rings. The Balaban J connectivity index is 1.84. The first-order chi connectivity index (χ1) is 10.6. The maximum atomic E-state index is 12.3. The van der Waals surface area contributed by atoms with Crippen LogP contribution in [0.3, 0.4) is 0 Å².